The first-order chi connectivity index (χ1) is 4.76. The molecule has 54 valence electrons. The molecule has 0 aromatic carbocycles. The van der Waals surface area contributed by atoms with Gasteiger partial charge >= 0.3 is 0 Å². The standard InChI is InChI=1S/C8H11NO/c1-4-6-8(5-2)9(3)7-10/h4-7H,1-2H2,3H3/b8-6+. The van der Waals surface area contributed by atoms with Crippen LogP contribution in [-0.2, 0) is 4.79 Å². The van der Waals surface area contributed by atoms with Crippen LogP contribution < -0.4 is 0 Å². The van der Waals surface area contributed by atoms with Crippen molar-refractivity contribution < 1.29 is 4.79 Å². The summed E-state index contributed by atoms with van der Waals surface area (Å²) < 4.78 is 0. The molecule has 2 heteroatoms. The number of hydrogen-bond acceptors (Lipinski definition) is 1. The predicted molar refractivity (Wildman–Crippen MR) is 42.3 cm³/mol. The highest BCUT2D eigenvalue weighted by Crippen LogP contribution is 1.98. The second-order valence-corrected chi connectivity index (χ2v) is 1.75. The number of carbonyl (C=O) groups is 1. The van der Waals surface area contributed by atoms with E-state index in [2.05, 4.69) is 13.2 Å². The number of amides is 1. The Bertz CT molecular complexity index is 170. The first-order valence-corrected chi connectivity index (χ1v) is 2.89. The van der Waals surface area contributed by atoms with Crippen LogP contribution in [0.3, 0.4) is 0 Å². The number of nitrogens with zero attached hydrogens (tertiary/aromatic N) is 1. The van der Waals surface area contributed by atoms with E-state index < -0.39 is 0 Å². The average molecular weight is 137 g/mol. The van der Waals surface area contributed by atoms with Gasteiger partial charge in [0, 0.05) is 12.7 Å². The molecule has 0 aromatic heterocycles. The zero-order valence-corrected chi connectivity index (χ0v) is 6.08. The number of carbonyl (C=O) groups excluding carboxylic acids is 1. The molecule has 0 rings (SSSR count). The van der Waals surface area contributed by atoms with Crippen LogP contribution in [0, 0.1) is 0 Å². The third-order valence-corrected chi connectivity index (χ3v) is 1.06. The monoisotopic (exact) mass is 137 g/mol. The highest BCUT2D eigenvalue weighted by molar-refractivity contribution is 5.52. The van der Waals surface area contributed by atoms with Gasteiger partial charge in [0.2, 0.25) is 6.41 Å². The van der Waals surface area contributed by atoms with Crippen molar-refractivity contribution in [1.82, 2.24) is 4.90 Å². The van der Waals surface area contributed by atoms with Gasteiger partial charge in [0.25, 0.3) is 0 Å². The molecule has 0 radical (unpaired) electrons. The van der Waals surface area contributed by atoms with Crippen molar-refractivity contribution >= 4 is 6.41 Å². The predicted octanol–water partition coefficient (Wildman–Crippen LogP) is 1.33. The minimum Gasteiger partial charge on any atom is -0.318 e. The lowest BCUT2D eigenvalue weighted by Crippen LogP contribution is -2.12. The maximum atomic E-state index is 10.2. The lowest BCUT2D eigenvalue weighted by Gasteiger charge is -2.09. The van der Waals surface area contributed by atoms with Gasteiger partial charge in [-0.3, -0.25) is 4.79 Å². The number of hydrogen-bond donors (Lipinski definition) is 0. The van der Waals surface area contributed by atoms with Gasteiger partial charge in [-0.1, -0.05) is 19.2 Å². The number of rotatable bonds is 4. The zero-order chi connectivity index (χ0) is 7.98. The second kappa shape index (κ2) is 4.56. The van der Waals surface area contributed by atoms with E-state index in [0.29, 0.717) is 0 Å². The Kier molecular flexibility index (Phi) is 3.96. The van der Waals surface area contributed by atoms with Crippen molar-refractivity contribution in [2.75, 3.05) is 7.05 Å². The smallest absolute Gasteiger partial charge is 0.213 e. The van der Waals surface area contributed by atoms with Gasteiger partial charge in [-0.2, -0.15) is 0 Å². The van der Waals surface area contributed by atoms with Crippen molar-refractivity contribution in [2.24, 2.45) is 0 Å². The molecule has 0 aliphatic heterocycles. The summed E-state index contributed by atoms with van der Waals surface area (Å²) in [5.74, 6) is 0. The van der Waals surface area contributed by atoms with E-state index in [4.69, 9.17) is 0 Å². The third-order valence-electron chi connectivity index (χ3n) is 1.06. The molecule has 0 aromatic rings. The van der Waals surface area contributed by atoms with Gasteiger partial charge in [-0.15, -0.1) is 0 Å². The molecule has 10 heavy (non-hydrogen) atoms. The molecular formula is C8H11NO. The molecule has 0 N–H and O–H groups in total. The Labute approximate surface area is 61.1 Å². The average Bonchev–Trinajstić information content (AvgIpc) is 1.99. The Morgan fingerprint density at radius 3 is 2.40 bits per heavy atom. The molecule has 2 nitrogen and oxygen atoms in total. The fourth-order valence-corrected chi connectivity index (χ4v) is 0.511. The van der Waals surface area contributed by atoms with Crippen molar-refractivity contribution in [3.63, 3.8) is 0 Å². The molecule has 0 atom stereocenters. The maximum Gasteiger partial charge on any atom is 0.213 e. The van der Waals surface area contributed by atoms with Gasteiger partial charge in [0.05, 0.1) is 0 Å². The van der Waals surface area contributed by atoms with E-state index in [1.165, 1.54) is 4.90 Å². The van der Waals surface area contributed by atoms with E-state index >= 15 is 0 Å². The van der Waals surface area contributed by atoms with Crippen LogP contribution in [0.4, 0.5) is 0 Å². The largest absolute Gasteiger partial charge is 0.318 e. The lowest BCUT2D eigenvalue weighted by atomic mass is 10.3. The Morgan fingerprint density at radius 2 is 2.10 bits per heavy atom. The molecule has 0 fully saturated rings. The molecule has 0 heterocycles. The van der Waals surface area contributed by atoms with Gasteiger partial charge in [-0.25, -0.2) is 0 Å². The maximum absolute atomic E-state index is 10.2. The third kappa shape index (κ3) is 2.31. The topological polar surface area (TPSA) is 20.3 Å². The Hall–Kier alpha value is -1.31. The van der Waals surface area contributed by atoms with Crippen LogP contribution in [0.2, 0.25) is 0 Å². The van der Waals surface area contributed by atoms with Crippen molar-refractivity contribution in [3.8, 4) is 0 Å². The van der Waals surface area contributed by atoms with Crippen LogP contribution in [-0.4, -0.2) is 18.4 Å². The van der Waals surface area contributed by atoms with Crippen molar-refractivity contribution in [2.45, 2.75) is 0 Å². The quantitative estimate of drug-likeness (QED) is 0.423. The van der Waals surface area contributed by atoms with E-state index in [-0.39, 0.29) is 0 Å². The van der Waals surface area contributed by atoms with Crippen LogP contribution >= 0.6 is 0 Å². The summed E-state index contributed by atoms with van der Waals surface area (Å²) in [5, 5.41) is 0. The Balaban J connectivity index is 4.32. The summed E-state index contributed by atoms with van der Waals surface area (Å²) in [5.41, 5.74) is 0.741. The molecule has 1 amide bonds. The molecule has 0 spiro atoms. The lowest BCUT2D eigenvalue weighted by molar-refractivity contribution is -0.115. The number of allylic oxidation sites excluding steroid dienone is 3. The summed E-state index contributed by atoms with van der Waals surface area (Å²) in [7, 11) is 1.66. The summed E-state index contributed by atoms with van der Waals surface area (Å²) in [4.78, 5) is 11.6. The van der Waals surface area contributed by atoms with Crippen LogP contribution in [0.5, 0.6) is 0 Å². The zero-order valence-electron chi connectivity index (χ0n) is 6.08. The fraction of sp³-hybridized carbons (Fsp3) is 0.125. The molecule has 0 bridgehead atoms. The van der Waals surface area contributed by atoms with Gasteiger partial charge in [-0.05, 0) is 12.2 Å². The van der Waals surface area contributed by atoms with Crippen LogP contribution in [0.15, 0.2) is 37.1 Å². The van der Waals surface area contributed by atoms with Crippen molar-refractivity contribution in [1.29, 1.82) is 0 Å². The molecule has 0 aliphatic carbocycles. The summed E-state index contributed by atoms with van der Waals surface area (Å²) in [6.07, 6.45) is 5.63. The highest BCUT2D eigenvalue weighted by Gasteiger charge is 1.93. The normalized spacial score (nSPS) is 10.3. The second-order valence-electron chi connectivity index (χ2n) is 1.75. The van der Waals surface area contributed by atoms with Gasteiger partial charge < -0.3 is 4.90 Å². The SMILES string of the molecule is C=C/C=C(\C=C)N(C)C=O. The summed E-state index contributed by atoms with van der Waals surface area (Å²) in [6, 6.07) is 0. The Morgan fingerprint density at radius 1 is 1.50 bits per heavy atom. The molecular weight excluding hydrogens is 126 g/mol. The molecule has 0 saturated heterocycles. The number of likely N-dealkylation sites (N-methyl/N-ethyl adjacent to an activating group) is 1. The first kappa shape index (κ1) is 8.69. The fourth-order valence-electron chi connectivity index (χ4n) is 0.511. The van der Waals surface area contributed by atoms with E-state index in [1.54, 1.807) is 25.3 Å². The highest BCUT2D eigenvalue weighted by atomic mass is 16.1. The summed E-state index contributed by atoms with van der Waals surface area (Å²) in [6.45, 7) is 7.03. The van der Waals surface area contributed by atoms with Crippen LogP contribution in [0.25, 0.3) is 0 Å². The molecule has 0 aliphatic rings. The van der Waals surface area contributed by atoms with Gasteiger partial charge in [0.1, 0.15) is 0 Å². The van der Waals surface area contributed by atoms with Gasteiger partial charge in [0.15, 0.2) is 0 Å². The minimum atomic E-state index is 0.719. The van der Waals surface area contributed by atoms with E-state index in [1.807, 2.05) is 0 Å². The van der Waals surface area contributed by atoms with Crippen LogP contribution in [0.1, 0.15) is 0 Å². The van der Waals surface area contributed by atoms with E-state index in [0.717, 1.165) is 12.1 Å². The first-order valence-electron chi connectivity index (χ1n) is 2.89. The van der Waals surface area contributed by atoms with Crippen molar-refractivity contribution in [3.05, 3.63) is 37.1 Å². The van der Waals surface area contributed by atoms with E-state index in [9.17, 15) is 4.79 Å². The summed E-state index contributed by atoms with van der Waals surface area (Å²) >= 11 is 0. The minimum absolute atomic E-state index is 0.719. The molecule has 0 saturated carbocycles. The molecule has 0 unspecified atom stereocenters.